The van der Waals surface area contributed by atoms with Crippen LogP contribution >= 0.6 is 0 Å². The Labute approximate surface area is 99.6 Å². The highest BCUT2D eigenvalue weighted by molar-refractivity contribution is 7.89. The number of primary sulfonamides is 1. The lowest BCUT2D eigenvalue weighted by Gasteiger charge is -2.14. The first-order chi connectivity index (χ1) is 7.35. The van der Waals surface area contributed by atoms with Crippen molar-refractivity contribution in [3.63, 3.8) is 0 Å². The second-order valence-electron chi connectivity index (χ2n) is 4.52. The average molecular weight is 251 g/mol. The molecule has 0 fully saturated rings. The lowest BCUT2D eigenvalue weighted by Crippen LogP contribution is -2.19. The van der Waals surface area contributed by atoms with Crippen LogP contribution in [0.15, 0.2) is 0 Å². The summed E-state index contributed by atoms with van der Waals surface area (Å²) in [5.74, 6) is 0.408. The van der Waals surface area contributed by atoms with Crippen LogP contribution < -0.4 is 5.14 Å². The van der Waals surface area contributed by atoms with E-state index in [1.807, 2.05) is 6.92 Å². The largest absolute Gasteiger partial charge is 0.379 e. The van der Waals surface area contributed by atoms with Crippen LogP contribution in [-0.4, -0.2) is 26.9 Å². The zero-order valence-electron chi connectivity index (χ0n) is 10.6. The summed E-state index contributed by atoms with van der Waals surface area (Å²) in [7, 11) is -3.31. The molecule has 0 radical (unpaired) electrons. The lowest BCUT2D eigenvalue weighted by atomic mass is 10.1. The van der Waals surface area contributed by atoms with Crippen molar-refractivity contribution >= 4 is 10.0 Å². The topological polar surface area (TPSA) is 69.4 Å². The molecule has 0 saturated heterocycles. The summed E-state index contributed by atoms with van der Waals surface area (Å²) in [5.41, 5.74) is 0. The van der Waals surface area contributed by atoms with Gasteiger partial charge >= 0.3 is 0 Å². The molecule has 2 atom stereocenters. The van der Waals surface area contributed by atoms with Crippen molar-refractivity contribution in [2.75, 3.05) is 12.4 Å². The van der Waals surface area contributed by atoms with Gasteiger partial charge in [-0.05, 0) is 32.1 Å². The molecule has 5 heteroatoms. The van der Waals surface area contributed by atoms with Crippen molar-refractivity contribution in [1.29, 1.82) is 0 Å². The summed E-state index contributed by atoms with van der Waals surface area (Å²) in [4.78, 5) is 0. The fourth-order valence-corrected chi connectivity index (χ4v) is 2.20. The van der Waals surface area contributed by atoms with E-state index < -0.39 is 10.0 Å². The molecule has 2 unspecified atom stereocenters. The van der Waals surface area contributed by atoms with Gasteiger partial charge in [0.15, 0.2) is 0 Å². The van der Waals surface area contributed by atoms with E-state index in [-0.39, 0.29) is 5.75 Å². The van der Waals surface area contributed by atoms with Gasteiger partial charge in [0.1, 0.15) is 0 Å². The normalized spacial score (nSPS) is 16.0. The molecule has 0 aliphatic rings. The van der Waals surface area contributed by atoms with E-state index in [2.05, 4.69) is 13.8 Å². The van der Waals surface area contributed by atoms with Crippen LogP contribution in [0.25, 0.3) is 0 Å². The van der Waals surface area contributed by atoms with E-state index in [0.717, 1.165) is 19.3 Å². The molecular formula is C11H25NO3S. The molecule has 0 aromatic carbocycles. The van der Waals surface area contributed by atoms with E-state index in [1.54, 1.807) is 0 Å². The summed E-state index contributed by atoms with van der Waals surface area (Å²) in [6, 6.07) is 0. The Bertz CT molecular complexity index is 264. The second-order valence-corrected chi connectivity index (χ2v) is 6.25. The van der Waals surface area contributed by atoms with Crippen molar-refractivity contribution in [2.24, 2.45) is 11.1 Å². The molecule has 0 aromatic heterocycles. The molecule has 0 aliphatic heterocycles. The molecule has 0 bridgehead atoms. The molecule has 16 heavy (non-hydrogen) atoms. The number of hydrogen-bond donors (Lipinski definition) is 1. The second kappa shape index (κ2) is 8.03. The van der Waals surface area contributed by atoms with Crippen LogP contribution in [0.3, 0.4) is 0 Å². The molecular weight excluding hydrogens is 226 g/mol. The molecule has 0 rings (SSSR count). The van der Waals surface area contributed by atoms with E-state index in [9.17, 15) is 8.42 Å². The van der Waals surface area contributed by atoms with Gasteiger partial charge in [0.2, 0.25) is 10.0 Å². The number of nitrogens with two attached hydrogens (primary N) is 1. The van der Waals surface area contributed by atoms with Crippen molar-refractivity contribution in [1.82, 2.24) is 0 Å². The van der Waals surface area contributed by atoms with E-state index in [0.29, 0.717) is 25.0 Å². The Kier molecular flexibility index (Phi) is 7.97. The molecule has 0 spiro atoms. The minimum absolute atomic E-state index is 0.0681. The van der Waals surface area contributed by atoms with Crippen LogP contribution in [0.1, 0.15) is 46.5 Å². The van der Waals surface area contributed by atoms with Gasteiger partial charge in [-0.2, -0.15) is 0 Å². The molecule has 4 nitrogen and oxygen atoms in total. The first kappa shape index (κ1) is 15.9. The average Bonchev–Trinajstić information content (AvgIpc) is 2.14. The third-order valence-corrected chi connectivity index (χ3v) is 3.41. The van der Waals surface area contributed by atoms with Crippen LogP contribution in [0.4, 0.5) is 0 Å². The van der Waals surface area contributed by atoms with Gasteiger partial charge in [0, 0.05) is 6.61 Å². The van der Waals surface area contributed by atoms with Crippen molar-refractivity contribution in [2.45, 2.75) is 52.6 Å². The van der Waals surface area contributed by atoms with Crippen LogP contribution in [-0.2, 0) is 14.8 Å². The van der Waals surface area contributed by atoms with Gasteiger partial charge in [-0.15, -0.1) is 0 Å². The van der Waals surface area contributed by atoms with Crippen LogP contribution in [0, 0.1) is 5.92 Å². The number of ether oxygens (including phenoxy) is 1. The predicted molar refractivity (Wildman–Crippen MR) is 66.7 cm³/mol. The SMILES string of the molecule is CCCC(C)OCCC(C)CCS(N)(=O)=O. The lowest BCUT2D eigenvalue weighted by molar-refractivity contribution is 0.0516. The highest BCUT2D eigenvalue weighted by atomic mass is 32.2. The molecule has 0 aliphatic carbocycles. The third-order valence-electron chi connectivity index (χ3n) is 2.60. The smallest absolute Gasteiger partial charge is 0.209 e. The Hall–Kier alpha value is -0.130. The predicted octanol–water partition coefficient (Wildman–Crippen LogP) is 1.90. The molecule has 0 heterocycles. The first-order valence-corrected chi connectivity index (χ1v) is 7.68. The van der Waals surface area contributed by atoms with Gasteiger partial charge in [-0.3, -0.25) is 0 Å². The van der Waals surface area contributed by atoms with E-state index in [4.69, 9.17) is 9.88 Å². The first-order valence-electron chi connectivity index (χ1n) is 5.97. The maximum absolute atomic E-state index is 10.7. The molecule has 0 saturated carbocycles. The van der Waals surface area contributed by atoms with Gasteiger partial charge in [-0.25, -0.2) is 13.6 Å². The standard InChI is InChI=1S/C11H25NO3S/c1-4-5-11(3)15-8-6-10(2)7-9-16(12,13)14/h10-11H,4-9H2,1-3H3,(H2,12,13,14). The fraction of sp³-hybridized carbons (Fsp3) is 1.00. The quantitative estimate of drug-likeness (QED) is 0.680. The Morgan fingerprint density at radius 1 is 1.19 bits per heavy atom. The van der Waals surface area contributed by atoms with Gasteiger partial charge in [0.25, 0.3) is 0 Å². The van der Waals surface area contributed by atoms with E-state index in [1.165, 1.54) is 0 Å². The van der Waals surface area contributed by atoms with Gasteiger partial charge in [0.05, 0.1) is 11.9 Å². The maximum atomic E-state index is 10.7. The van der Waals surface area contributed by atoms with Crippen LogP contribution in [0.5, 0.6) is 0 Å². The molecule has 98 valence electrons. The summed E-state index contributed by atoms with van der Waals surface area (Å²) < 4.78 is 27.1. The molecule has 2 N–H and O–H groups in total. The fourth-order valence-electron chi connectivity index (χ4n) is 1.47. The van der Waals surface area contributed by atoms with Crippen molar-refractivity contribution in [3.8, 4) is 0 Å². The number of sulfonamides is 1. The minimum atomic E-state index is -3.31. The Morgan fingerprint density at radius 2 is 1.81 bits per heavy atom. The third kappa shape index (κ3) is 10.4. The van der Waals surface area contributed by atoms with Crippen LogP contribution in [0.2, 0.25) is 0 Å². The minimum Gasteiger partial charge on any atom is -0.379 e. The zero-order valence-corrected chi connectivity index (χ0v) is 11.4. The molecule has 0 aromatic rings. The van der Waals surface area contributed by atoms with Gasteiger partial charge in [-0.1, -0.05) is 20.3 Å². The maximum Gasteiger partial charge on any atom is 0.209 e. The zero-order chi connectivity index (χ0) is 12.6. The van der Waals surface area contributed by atoms with Crippen molar-refractivity contribution < 1.29 is 13.2 Å². The number of rotatable bonds is 9. The van der Waals surface area contributed by atoms with Crippen molar-refractivity contribution in [3.05, 3.63) is 0 Å². The van der Waals surface area contributed by atoms with Gasteiger partial charge < -0.3 is 4.74 Å². The number of hydrogen-bond acceptors (Lipinski definition) is 3. The monoisotopic (exact) mass is 251 g/mol. The van der Waals surface area contributed by atoms with E-state index >= 15 is 0 Å². The summed E-state index contributed by atoms with van der Waals surface area (Å²) in [6.45, 7) is 6.93. The molecule has 0 amide bonds. The summed E-state index contributed by atoms with van der Waals surface area (Å²) in [6.07, 6.45) is 4.01. The highest BCUT2D eigenvalue weighted by Gasteiger charge is 2.09. The summed E-state index contributed by atoms with van der Waals surface area (Å²) in [5, 5.41) is 4.94. The highest BCUT2D eigenvalue weighted by Crippen LogP contribution is 2.10. The Morgan fingerprint density at radius 3 is 2.31 bits per heavy atom. The Balaban J connectivity index is 3.54. The summed E-state index contributed by atoms with van der Waals surface area (Å²) >= 11 is 0.